The number of amides is 1. The van der Waals surface area contributed by atoms with Crippen LogP contribution in [0.4, 0.5) is 19.3 Å². The van der Waals surface area contributed by atoms with Crippen LogP contribution in [0.15, 0.2) is 30.5 Å². The van der Waals surface area contributed by atoms with Crippen molar-refractivity contribution in [3.8, 4) is 22.6 Å². The number of fused-ring (bicyclic) bond motifs is 3. The van der Waals surface area contributed by atoms with Crippen molar-refractivity contribution in [2.24, 2.45) is 0 Å². The van der Waals surface area contributed by atoms with Crippen LogP contribution in [-0.4, -0.2) is 59.5 Å². The Kier molecular flexibility index (Phi) is 6.88. The fourth-order valence-corrected chi connectivity index (χ4v) is 4.46. The van der Waals surface area contributed by atoms with Gasteiger partial charge in [-0.15, -0.1) is 0 Å². The standard InChI is InChI=1S/C26H28ClF2N3O4/c1-14(31(5)25(34)36-26(2,3)4)13-32-9-10-35-19-12-30-23-15(24(19)32)11-16(27)20(22(23)29)21-17(28)7-6-8-18(21)33/h6-8,11-12,14,33H,9-10,13H2,1-5H3. The first kappa shape index (κ1) is 25.8. The van der Waals surface area contributed by atoms with E-state index in [1.807, 2.05) is 11.8 Å². The number of benzene rings is 2. The Labute approximate surface area is 213 Å². The number of aromatic hydroxyl groups is 1. The van der Waals surface area contributed by atoms with Crippen LogP contribution in [0.5, 0.6) is 11.5 Å². The summed E-state index contributed by atoms with van der Waals surface area (Å²) in [5.41, 5.74) is -0.701. The highest BCUT2D eigenvalue weighted by molar-refractivity contribution is 6.34. The Morgan fingerprint density at radius 1 is 1.33 bits per heavy atom. The first-order valence-corrected chi connectivity index (χ1v) is 11.9. The zero-order valence-electron chi connectivity index (χ0n) is 20.7. The zero-order chi connectivity index (χ0) is 26.4. The molecule has 7 nitrogen and oxygen atoms in total. The molecule has 1 amide bonds. The molecule has 192 valence electrons. The maximum absolute atomic E-state index is 15.8. The van der Waals surface area contributed by atoms with Crippen molar-refractivity contribution in [1.29, 1.82) is 0 Å². The number of ether oxygens (including phenoxy) is 2. The van der Waals surface area contributed by atoms with Crippen molar-refractivity contribution in [3.05, 3.63) is 47.1 Å². The lowest BCUT2D eigenvalue weighted by molar-refractivity contribution is 0.0240. The minimum Gasteiger partial charge on any atom is -0.507 e. The van der Waals surface area contributed by atoms with E-state index in [1.54, 1.807) is 27.8 Å². The molecule has 0 bridgehead atoms. The van der Waals surface area contributed by atoms with Crippen LogP contribution in [0.3, 0.4) is 0 Å². The SMILES string of the molecule is CC(CN1CCOc2cnc3c(F)c(-c4c(O)cccc4F)c(Cl)cc3c21)N(C)C(=O)OC(C)(C)C. The van der Waals surface area contributed by atoms with Gasteiger partial charge in [-0.25, -0.2) is 18.6 Å². The highest BCUT2D eigenvalue weighted by Crippen LogP contribution is 2.45. The largest absolute Gasteiger partial charge is 0.507 e. The van der Waals surface area contributed by atoms with Crippen LogP contribution in [0.25, 0.3) is 22.0 Å². The molecule has 1 aromatic heterocycles. The number of rotatable bonds is 4. The van der Waals surface area contributed by atoms with Crippen LogP contribution < -0.4 is 9.64 Å². The van der Waals surface area contributed by atoms with Gasteiger partial charge in [0, 0.05) is 30.6 Å². The molecule has 2 aromatic carbocycles. The van der Waals surface area contributed by atoms with Crippen molar-refractivity contribution >= 4 is 34.3 Å². The number of aromatic nitrogens is 1. The number of hydrogen-bond donors (Lipinski definition) is 1. The van der Waals surface area contributed by atoms with Gasteiger partial charge in [-0.3, -0.25) is 0 Å². The molecule has 0 saturated heterocycles. The number of anilines is 1. The molecule has 1 atom stereocenters. The van der Waals surface area contributed by atoms with E-state index in [1.165, 1.54) is 29.3 Å². The molecule has 2 heterocycles. The number of carbonyl (C=O) groups excluding carboxylic acids is 1. The lowest BCUT2D eigenvalue weighted by Gasteiger charge is -2.36. The van der Waals surface area contributed by atoms with E-state index in [0.717, 1.165) is 6.07 Å². The van der Waals surface area contributed by atoms with Crippen LogP contribution in [0.1, 0.15) is 27.7 Å². The molecule has 1 aliphatic rings. The third-order valence-corrected chi connectivity index (χ3v) is 6.29. The van der Waals surface area contributed by atoms with E-state index >= 15 is 4.39 Å². The molecule has 0 saturated carbocycles. The molecule has 0 aliphatic carbocycles. The van der Waals surface area contributed by atoms with Crippen LogP contribution >= 0.6 is 11.6 Å². The average Bonchev–Trinajstić information content (AvgIpc) is 2.79. The van der Waals surface area contributed by atoms with Gasteiger partial charge < -0.3 is 24.4 Å². The summed E-state index contributed by atoms with van der Waals surface area (Å²) in [6.45, 7) is 8.54. The molecule has 3 aromatic rings. The maximum Gasteiger partial charge on any atom is 0.410 e. The lowest BCUT2D eigenvalue weighted by Crippen LogP contribution is -2.47. The number of halogens is 3. The number of nitrogens with zero attached hydrogens (tertiary/aromatic N) is 3. The van der Waals surface area contributed by atoms with Gasteiger partial charge >= 0.3 is 6.09 Å². The van der Waals surface area contributed by atoms with Gasteiger partial charge in [-0.05, 0) is 45.9 Å². The normalized spacial score (nSPS) is 14.3. The van der Waals surface area contributed by atoms with E-state index in [9.17, 15) is 14.3 Å². The van der Waals surface area contributed by atoms with Crippen LogP contribution in [0, 0.1) is 11.6 Å². The fourth-order valence-electron chi connectivity index (χ4n) is 4.17. The summed E-state index contributed by atoms with van der Waals surface area (Å²) in [6, 6.07) is 4.94. The maximum atomic E-state index is 15.8. The Morgan fingerprint density at radius 3 is 2.72 bits per heavy atom. The predicted octanol–water partition coefficient (Wildman–Crippen LogP) is 5.99. The number of pyridine rings is 1. The van der Waals surface area contributed by atoms with Gasteiger partial charge in [0.05, 0.1) is 29.0 Å². The summed E-state index contributed by atoms with van der Waals surface area (Å²) in [7, 11) is 1.66. The van der Waals surface area contributed by atoms with Gasteiger partial charge in [-0.1, -0.05) is 17.7 Å². The van der Waals surface area contributed by atoms with Crippen molar-refractivity contribution in [2.75, 3.05) is 31.6 Å². The Bertz CT molecular complexity index is 1310. The molecule has 1 N–H and O–H groups in total. The Balaban J connectivity index is 1.76. The third-order valence-electron chi connectivity index (χ3n) is 6.00. The molecule has 0 fully saturated rings. The molecule has 10 heteroatoms. The first-order chi connectivity index (χ1) is 16.9. The van der Waals surface area contributed by atoms with Crippen molar-refractivity contribution in [3.63, 3.8) is 0 Å². The molecule has 36 heavy (non-hydrogen) atoms. The summed E-state index contributed by atoms with van der Waals surface area (Å²) in [5, 5.41) is 10.5. The molecular formula is C26H28ClF2N3O4. The summed E-state index contributed by atoms with van der Waals surface area (Å²) in [5.74, 6) is -1.66. The summed E-state index contributed by atoms with van der Waals surface area (Å²) in [4.78, 5) is 20.3. The summed E-state index contributed by atoms with van der Waals surface area (Å²) in [6.07, 6.45) is 0.958. The molecular weight excluding hydrogens is 492 g/mol. The quantitative estimate of drug-likeness (QED) is 0.456. The molecule has 0 spiro atoms. The minimum atomic E-state index is -0.856. The van der Waals surface area contributed by atoms with E-state index < -0.39 is 29.1 Å². The van der Waals surface area contributed by atoms with Crippen LogP contribution in [-0.2, 0) is 4.74 Å². The molecule has 1 aliphatic heterocycles. The Hall–Kier alpha value is -3.33. The Morgan fingerprint density at radius 2 is 2.06 bits per heavy atom. The number of hydrogen-bond acceptors (Lipinski definition) is 6. The van der Waals surface area contributed by atoms with E-state index in [4.69, 9.17) is 21.1 Å². The van der Waals surface area contributed by atoms with Gasteiger partial charge in [-0.2, -0.15) is 0 Å². The fraction of sp³-hybridized carbons (Fsp3) is 0.385. The van der Waals surface area contributed by atoms with E-state index in [2.05, 4.69) is 4.98 Å². The first-order valence-electron chi connectivity index (χ1n) is 11.5. The van der Waals surface area contributed by atoms with Gasteiger partial charge in [0.1, 0.15) is 29.3 Å². The van der Waals surface area contributed by atoms with Crippen LogP contribution in [0.2, 0.25) is 5.02 Å². The number of carbonyl (C=O) groups is 1. The van der Waals surface area contributed by atoms with E-state index in [0.29, 0.717) is 36.5 Å². The zero-order valence-corrected chi connectivity index (χ0v) is 21.5. The monoisotopic (exact) mass is 519 g/mol. The number of likely N-dealkylation sites (N-methyl/N-ethyl adjacent to an activating group) is 1. The van der Waals surface area contributed by atoms with Crippen molar-refractivity contribution in [2.45, 2.75) is 39.3 Å². The van der Waals surface area contributed by atoms with Crippen molar-refractivity contribution < 1.29 is 28.2 Å². The van der Waals surface area contributed by atoms with Gasteiger partial charge in [0.15, 0.2) is 11.6 Å². The third kappa shape index (κ3) is 4.84. The minimum absolute atomic E-state index is 0.0422. The smallest absolute Gasteiger partial charge is 0.410 e. The van der Waals surface area contributed by atoms with Gasteiger partial charge in [0.2, 0.25) is 0 Å². The molecule has 0 radical (unpaired) electrons. The number of phenolic OH excluding ortho intramolecular Hbond substituents is 1. The van der Waals surface area contributed by atoms with Gasteiger partial charge in [0.25, 0.3) is 0 Å². The topological polar surface area (TPSA) is 75.1 Å². The highest BCUT2D eigenvalue weighted by atomic mass is 35.5. The summed E-state index contributed by atoms with van der Waals surface area (Å²) >= 11 is 6.46. The predicted molar refractivity (Wildman–Crippen MR) is 135 cm³/mol. The second-order valence-electron chi connectivity index (χ2n) is 9.78. The second-order valence-corrected chi connectivity index (χ2v) is 10.2. The molecule has 1 unspecified atom stereocenters. The van der Waals surface area contributed by atoms with E-state index in [-0.39, 0.29) is 27.7 Å². The number of phenols is 1. The second kappa shape index (κ2) is 9.61. The average molecular weight is 520 g/mol. The summed E-state index contributed by atoms with van der Waals surface area (Å²) < 4.78 is 41.6. The molecule has 4 rings (SSSR count). The highest BCUT2D eigenvalue weighted by Gasteiger charge is 2.30. The lowest BCUT2D eigenvalue weighted by atomic mass is 9.99. The van der Waals surface area contributed by atoms with Crippen molar-refractivity contribution in [1.82, 2.24) is 9.88 Å².